The largest absolute Gasteiger partial charge is 0.313 e. The van der Waals surface area contributed by atoms with Crippen LogP contribution >= 0.6 is 11.6 Å². The van der Waals surface area contributed by atoms with Crippen LogP contribution in [0.3, 0.4) is 0 Å². The second kappa shape index (κ2) is 6.64. The molecule has 0 aromatic heterocycles. The lowest BCUT2D eigenvalue weighted by Gasteiger charge is -2.21. The highest BCUT2D eigenvalue weighted by Crippen LogP contribution is 2.25. The summed E-state index contributed by atoms with van der Waals surface area (Å²) in [4.78, 5) is 0. The summed E-state index contributed by atoms with van der Waals surface area (Å²) in [5.74, 6) is 0. The summed E-state index contributed by atoms with van der Waals surface area (Å²) >= 11 is 6.07. The van der Waals surface area contributed by atoms with E-state index >= 15 is 0 Å². The first-order valence-corrected chi connectivity index (χ1v) is 7.80. The average molecular weight is 302 g/mol. The first-order chi connectivity index (χ1) is 9.90. The van der Waals surface area contributed by atoms with Crippen LogP contribution < -0.4 is 5.32 Å². The summed E-state index contributed by atoms with van der Waals surface area (Å²) in [6.07, 6.45) is 0.936. The zero-order valence-electron chi connectivity index (χ0n) is 13.3. The molecule has 0 fully saturated rings. The molecule has 0 aliphatic carbocycles. The Bertz CT molecular complexity index is 581. The monoisotopic (exact) mass is 301 g/mol. The van der Waals surface area contributed by atoms with E-state index in [1.807, 2.05) is 25.2 Å². The third kappa shape index (κ3) is 4.33. The maximum Gasteiger partial charge on any atom is 0.0408 e. The molecule has 0 amide bonds. The summed E-state index contributed by atoms with van der Waals surface area (Å²) in [6.45, 7) is 6.72. The molecule has 0 saturated heterocycles. The number of benzene rings is 2. The second-order valence-corrected chi connectivity index (χ2v) is 6.98. The van der Waals surface area contributed by atoms with Crippen LogP contribution in [0.4, 0.5) is 0 Å². The summed E-state index contributed by atoms with van der Waals surface area (Å²) < 4.78 is 0. The van der Waals surface area contributed by atoms with Crippen LogP contribution in [0.5, 0.6) is 0 Å². The zero-order valence-corrected chi connectivity index (χ0v) is 14.0. The SMILES string of the molecule is CNC(Cc1cccc(Cl)c1)c1ccc(C(C)(C)C)cc1. The van der Waals surface area contributed by atoms with Gasteiger partial charge in [0.1, 0.15) is 0 Å². The van der Waals surface area contributed by atoms with Crippen molar-refractivity contribution in [3.05, 3.63) is 70.2 Å². The quantitative estimate of drug-likeness (QED) is 0.824. The predicted octanol–water partition coefficient (Wildman–Crippen LogP) is 5.14. The third-order valence-electron chi connectivity index (χ3n) is 3.86. The molecule has 2 aromatic rings. The second-order valence-electron chi connectivity index (χ2n) is 6.55. The van der Waals surface area contributed by atoms with Gasteiger partial charge in [-0.3, -0.25) is 0 Å². The van der Waals surface area contributed by atoms with Crippen LogP contribution in [0, 0.1) is 0 Å². The van der Waals surface area contributed by atoms with Gasteiger partial charge in [-0.05, 0) is 47.7 Å². The molecule has 1 atom stereocenters. The maximum atomic E-state index is 6.07. The Kier molecular flexibility index (Phi) is 5.08. The number of hydrogen-bond donors (Lipinski definition) is 1. The molecule has 0 aliphatic heterocycles. The van der Waals surface area contributed by atoms with Crippen LogP contribution in [0.2, 0.25) is 5.02 Å². The number of rotatable bonds is 4. The minimum Gasteiger partial charge on any atom is -0.313 e. The van der Waals surface area contributed by atoms with Gasteiger partial charge in [-0.1, -0.05) is 68.8 Å². The van der Waals surface area contributed by atoms with Crippen molar-refractivity contribution < 1.29 is 0 Å². The van der Waals surface area contributed by atoms with Gasteiger partial charge in [0, 0.05) is 11.1 Å². The summed E-state index contributed by atoms with van der Waals surface area (Å²) in [5, 5.41) is 4.20. The molecule has 2 heteroatoms. The Morgan fingerprint density at radius 2 is 1.71 bits per heavy atom. The van der Waals surface area contributed by atoms with E-state index in [1.165, 1.54) is 16.7 Å². The first-order valence-electron chi connectivity index (χ1n) is 7.42. The van der Waals surface area contributed by atoms with E-state index in [0.717, 1.165) is 11.4 Å². The molecule has 1 nitrogen and oxygen atoms in total. The Morgan fingerprint density at radius 3 is 2.24 bits per heavy atom. The number of halogens is 1. The molecule has 0 saturated carbocycles. The molecular formula is C19H24ClN. The van der Waals surface area contributed by atoms with E-state index in [1.54, 1.807) is 0 Å². The van der Waals surface area contributed by atoms with Crippen molar-refractivity contribution in [1.82, 2.24) is 5.32 Å². The van der Waals surface area contributed by atoms with Crippen LogP contribution in [0.25, 0.3) is 0 Å². The van der Waals surface area contributed by atoms with Gasteiger partial charge in [0.05, 0.1) is 0 Å². The lowest BCUT2D eigenvalue weighted by Crippen LogP contribution is -2.19. The molecule has 21 heavy (non-hydrogen) atoms. The van der Waals surface area contributed by atoms with E-state index < -0.39 is 0 Å². The maximum absolute atomic E-state index is 6.07. The highest BCUT2D eigenvalue weighted by molar-refractivity contribution is 6.30. The van der Waals surface area contributed by atoms with Crippen LogP contribution in [0.15, 0.2) is 48.5 Å². The molecule has 112 valence electrons. The van der Waals surface area contributed by atoms with Gasteiger partial charge in [-0.25, -0.2) is 0 Å². The number of likely N-dealkylation sites (N-methyl/N-ethyl adjacent to an activating group) is 1. The molecule has 2 rings (SSSR count). The summed E-state index contributed by atoms with van der Waals surface area (Å²) in [5.41, 5.74) is 4.12. The lowest BCUT2D eigenvalue weighted by atomic mass is 9.86. The standard InChI is InChI=1S/C19H24ClN/c1-19(2,3)16-10-8-15(9-11-16)18(21-4)13-14-6-5-7-17(20)12-14/h5-12,18,21H,13H2,1-4H3. The lowest BCUT2D eigenvalue weighted by molar-refractivity contribution is 0.580. The molecule has 0 radical (unpaired) electrons. The zero-order chi connectivity index (χ0) is 15.5. The fourth-order valence-corrected chi connectivity index (χ4v) is 2.71. The van der Waals surface area contributed by atoms with Crippen molar-refractivity contribution >= 4 is 11.6 Å². The van der Waals surface area contributed by atoms with Gasteiger partial charge in [0.15, 0.2) is 0 Å². The molecule has 0 bridgehead atoms. The van der Waals surface area contributed by atoms with Crippen molar-refractivity contribution in [3.8, 4) is 0 Å². The number of hydrogen-bond acceptors (Lipinski definition) is 1. The van der Waals surface area contributed by atoms with Gasteiger partial charge < -0.3 is 5.32 Å². The molecule has 0 heterocycles. The molecule has 1 unspecified atom stereocenters. The van der Waals surface area contributed by atoms with Gasteiger partial charge in [-0.2, -0.15) is 0 Å². The summed E-state index contributed by atoms with van der Waals surface area (Å²) in [7, 11) is 2.01. The van der Waals surface area contributed by atoms with Gasteiger partial charge in [0.25, 0.3) is 0 Å². The van der Waals surface area contributed by atoms with Crippen molar-refractivity contribution in [3.63, 3.8) is 0 Å². The third-order valence-corrected chi connectivity index (χ3v) is 4.09. The first kappa shape index (κ1) is 16.1. The highest BCUT2D eigenvalue weighted by Gasteiger charge is 2.15. The van der Waals surface area contributed by atoms with E-state index in [0.29, 0.717) is 6.04 Å². The van der Waals surface area contributed by atoms with Crippen molar-refractivity contribution in [1.29, 1.82) is 0 Å². The number of nitrogens with one attached hydrogen (secondary N) is 1. The van der Waals surface area contributed by atoms with E-state index in [2.05, 4.69) is 56.4 Å². The Labute approximate surface area is 133 Å². The van der Waals surface area contributed by atoms with Gasteiger partial charge in [0.2, 0.25) is 0 Å². The molecule has 0 aliphatic rings. The topological polar surface area (TPSA) is 12.0 Å². The van der Waals surface area contributed by atoms with E-state index in [4.69, 9.17) is 11.6 Å². The fraction of sp³-hybridized carbons (Fsp3) is 0.368. The highest BCUT2D eigenvalue weighted by atomic mass is 35.5. The summed E-state index contributed by atoms with van der Waals surface area (Å²) in [6, 6.07) is 17.3. The van der Waals surface area contributed by atoms with Crippen LogP contribution in [-0.4, -0.2) is 7.05 Å². The predicted molar refractivity (Wildman–Crippen MR) is 92.1 cm³/mol. The van der Waals surface area contributed by atoms with E-state index in [9.17, 15) is 0 Å². The van der Waals surface area contributed by atoms with Gasteiger partial charge in [-0.15, -0.1) is 0 Å². The minimum absolute atomic E-state index is 0.195. The van der Waals surface area contributed by atoms with Crippen molar-refractivity contribution in [2.75, 3.05) is 7.05 Å². The Hall–Kier alpha value is -1.31. The van der Waals surface area contributed by atoms with E-state index in [-0.39, 0.29) is 5.41 Å². The van der Waals surface area contributed by atoms with Gasteiger partial charge >= 0.3 is 0 Å². The normalized spacial score (nSPS) is 13.2. The smallest absolute Gasteiger partial charge is 0.0408 e. The molecule has 0 spiro atoms. The van der Waals surface area contributed by atoms with Crippen molar-refractivity contribution in [2.24, 2.45) is 0 Å². The molecular weight excluding hydrogens is 278 g/mol. The fourth-order valence-electron chi connectivity index (χ4n) is 2.50. The Morgan fingerprint density at radius 1 is 1.05 bits per heavy atom. The Balaban J connectivity index is 2.18. The molecule has 1 N–H and O–H groups in total. The van der Waals surface area contributed by atoms with Crippen LogP contribution in [-0.2, 0) is 11.8 Å². The molecule has 2 aromatic carbocycles. The minimum atomic E-state index is 0.195. The average Bonchev–Trinajstić information content (AvgIpc) is 2.44. The van der Waals surface area contributed by atoms with Crippen LogP contribution in [0.1, 0.15) is 43.5 Å². The van der Waals surface area contributed by atoms with Crippen molar-refractivity contribution in [2.45, 2.75) is 38.6 Å².